The molecule has 6 bridgehead atoms. The second kappa shape index (κ2) is 15.1. The number of hydrogen-bond acceptors (Lipinski definition) is 10. The summed E-state index contributed by atoms with van der Waals surface area (Å²) in [4.78, 5) is 41.5. The van der Waals surface area contributed by atoms with Crippen molar-refractivity contribution in [1.29, 1.82) is 0 Å². The first-order chi connectivity index (χ1) is 19.4. The van der Waals surface area contributed by atoms with Crippen molar-refractivity contribution in [2.75, 3.05) is 65.4 Å². The number of carbonyl (C=O) groups is 2. The van der Waals surface area contributed by atoms with Gasteiger partial charge in [-0.25, -0.2) is 9.67 Å². The number of pyridine rings is 2. The van der Waals surface area contributed by atoms with Crippen LogP contribution < -0.4 is 0 Å². The molecule has 0 saturated carbocycles. The monoisotopic (exact) mass is 707 g/mol. The van der Waals surface area contributed by atoms with Gasteiger partial charge in [0, 0.05) is 105 Å². The fourth-order valence-electron chi connectivity index (χ4n) is 5.19. The Morgan fingerprint density at radius 3 is 1.71 bits per heavy atom. The Hall–Kier alpha value is -2.46. The summed E-state index contributed by atoms with van der Waals surface area (Å²) in [6.07, 6.45) is 1.71. The van der Waals surface area contributed by atoms with Crippen molar-refractivity contribution in [3.63, 3.8) is 0 Å². The predicted molar refractivity (Wildman–Crippen MR) is 145 cm³/mol. The average molecular weight is 707 g/mol. The maximum absolute atomic E-state index is 11.7. The van der Waals surface area contributed by atoms with Crippen LogP contribution in [0.3, 0.4) is 0 Å². The van der Waals surface area contributed by atoms with Crippen molar-refractivity contribution in [2.45, 2.75) is 19.6 Å². The zero-order chi connectivity index (χ0) is 27.9. The van der Waals surface area contributed by atoms with Gasteiger partial charge in [0.2, 0.25) is 0 Å². The van der Waals surface area contributed by atoms with Crippen molar-refractivity contribution >= 4 is 11.9 Å². The minimum Gasteiger partial charge on any atom is -0.480 e. The molecule has 2 N–H and O–H groups in total. The second-order valence-electron chi connectivity index (χ2n) is 10.3. The Morgan fingerprint density at radius 1 is 0.683 bits per heavy atom. The van der Waals surface area contributed by atoms with Crippen LogP contribution in [0.4, 0.5) is 0 Å². The topological polar surface area (TPSA) is 144 Å². The van der Waals surface area contributed by atoms with E-state index >= 15 is 0 Å². The minimum absolute atomic E-state index is 0. The van der Waals surface area contributed by atoms with Crippen LogP contribution in [0.1, 0.15) is 17.1 Å². The molecule has 13 nitrogen and oxygen atoms in total. The summed E-state index contributed by atoms with van der Waals surface area (Å²) < 4.78 is 1.81. The van der Waals surface area contributed by atoms with Crippen molar-refractivity contribution in [3.05, 3.63) is 59.7 Å². The maximum atomic E-state index is 11.7. The van der Waals surface area contributed by atoms with E-state index in [0.717, 1.165) is 28.5 Å². The zero-order valence-electron chi connectivity index (χ0n) is 22.8. The van der Waals surface area contributed by atoms with Crippen LogP contribution in [0.15, 0.2) is 42.6 Å². The molecule has 3 aliphatic heterocycles. The molecule has 6 rings (SSSR count). The molecule has 0 radical (unpaired) electrons. The van der Waals surface area contributed by atoms with E-state index in [1.165, 1.54) is 0 Å². The van der Waals surface area contributed by atoms with Crippen molar-refractivity contribution in [1.82, 2.24) is 44.6 Å². The molecule has 0 aromatic carbocycles. The number of rotatable bonds is 4. The molecule has 0 spiro atoms. The molecule has 0 aliphatic carbocycles. The molecule has 3 aliphatic rings. The summed E-state index contributed by atoms with van der Waals surface area (Å²) in [7, 11) is 0. The summed E-state index contributed by atoms with van der Waals surface area (Å²) in [6, 6.07) is 11.8. The number of aromatic nitrogens is 5. The van der Waals surface area contributed by atoms with Gasteiger partial charge in [-0.2, -0.15) is 0 Å². The Kier molecular flexibility index (Phi) is 11.6. The molecular formula is C27H35GdN9O4. The van der Waals surface area contributed by atoms with Crippen molar-refractivity contribution < 1.29 is 59.7 Å². The molecule has 6 heterocycles. The zero-order valence-corrected chi connectivity index (χ0v) is 25.1. The Morgan fingerprint density at radius 2 is 1.17 bits per heavy atom. The number of carboxylic acid groups (broad SMARTS) is 2. The number of nitrogens with zero attached hydrogens (tertiary/aromatic N) is 9. The van der Waals surface area contributed by atoms with Crippen LogP contribution in [-0.4, -0.2) is 132 Å². The van der Waals surface area contributed by atoms with Crippen LogP contribution >= 0.6 is 0 Å². The average Bonchev–Trinajstić information content (AvgIpc) is 3.37. The van der Waals surface area contributed by atoms with E-state index in [0.29, 0.717) is 72.0 Å². The Labute approximate surface area is 270 Å². The fraction of sp³-hybridized carbons (Fsp3) is 0.481. The summed E-state index contributed by atoms with van der Waals surface area (Å²) in [6.45, 7) is 6.31. The van der Waals surface area contributed by atoms with E-state index in [9.17, 15) is 19.8 Å². The first-order valence-corrected chi connectivity index (χ1v) is 13.5. The van der Waals surface area contributed by atoms with Gasteiger partial charge in [-0.15, -0.1) is 5.10 Å². The third-order valence-electron chi connectivity index (χ3n) is 7.28. The first kappa shape index (κ1) is 31.5. The van der Waals surface area contributed by atoms with Crippen LogP contribution in [0.25, 0.3) is 11.4 Å². The smallest absolute Gasteiger partial charge is 0.317 e. The normalized spacial score (nSPS) is 20.8. The van der Waals surface area contributed by atoms with E-state index < -0.39 is 11.9 Å². The standard InChI is InChI=1S/C27H35N9O4.Gd/c37-26(38)19-34-11-7-32-8-12-35(20-27(39)40)14-10-33(9-13-34)17-22-5-2-6-24(30-22)25-15-28-31-36(25)18-23-4-1-3-21(16-32)29-23;/h1-6,15H,7-14,16-20H2,(H,37,38)(H,39,40);. The molecule has 220 valence electrons. The SMILES string of the molecule is O=C(O)CN1CCN2CCN(CC(=O)O)CCN(CC1)Cc1cccc(n1)-c1cnnn1Cc1cccc(n1)C2.[Gd]. The molecular weight excluding hydrogens is 672 g/mol. The van der Waals surface area contributed by atoms with E-state index in [2.05, 4.69) is 20.1 Å². The van der Waals surface area contributed by atoms with E-state index in [4.69, 9.17) is 9.97 Å². The molecule has 41 heavy (non-hydrogen) atoms. The van der Waals surface area contributed by atoms with Gasteiger partial charge in [0.1, 0.15) is 5.69 Å². The van der Waals surface area contributed by atoms with Gasteiger partial charge in [-0.1, -0.05) is 17.3 Å². The maximum Gasteiger partial charge on any atom is 0.317 e. The van der Waals surface area contributed by atoms with E-state index in [-0.39, 0.29) is 53.0 Å². The molecule has 0 unspecified atom stereocenters. The number of carboxylic acids is 2. The molecule has 1 saturated heterocycles. The van der Waals surface area contributed by atoms with Crippen molar-refractivity contribution in [2.24, 2.45) is 0 Å². The van der Waals surface area contributed by atoms with Gasteiger partial charge < -0.3 is 10.2 Å². The number of fused-ring (bicyclic) bond motifs is 8. The summed E-state index contributed by atoms with van der Waals surface area (Å²) >= 11 is 0. The Bertz CT molecular complexity index is 1290. The van der Waals surface area contributed by atoms with Crippen LogP contribution in [0.2, 0.25) is 0 Å². The first-order valence-electron chi connectivity index (χ1n) is 13.5. The number of aliphatic carboxylic acids is 2. The molecule has 0 atom stereocenters. The van der Waals surface area contributed by atoms with Crippen LogP contribution in [-0.2, 0) is 29.2 Å². The number of hydrogen-bond donors (Lipinski definition) is 2. The largest absolute Gasteiger partial charge is 0.480 e. The van der Waals surface area contributed by atoms with Gasteiger partial charge in [0.05, 0.1) is 48.6 Å². The van der Waals surface area contributed by atoms with Gasteiger partial charge in [-0.3, -0.25) is 34.2 Å². The van der Waals surface area contributed by atoms with Crippen molar-refractivity contribution in [3.8, 4) is 11.4 Å². The predicted octanol–water partition coefficient (Wildman–Crippen LogP) is 0.188. The fourth-order valence-corrected chi connectivity index (χ4v) is 5.19. The third-order valence-corrected chi connectivity index (χ3v) is 7.28. The van der Waals surface area contributed by atoms with E-state index in [1.807, 2.05) is 50.9 Å². The summed E-state index contributed by atoms with van der Waals surface area (Å²) in [5, 5.41) is 27.6. The molecule has 14 heteroatoms. The van der Waals surface area contributed by atoms with E-state index in [1.54, 1.807) is 6.20 Å². The van der Waals surface area contributed by atoms with Gasteiger partial charge in [0.15, 0.2) is 0 Å². The molecule has 3 aromatic rings. The quantitative estimate of drug-likeness (QED) is 0.382. The van der Waals surface area contributed by atoms with Crippen LogP contribution in [0.5, 0.6) is 0 Å². The molecule has 3 aromatic heterocycles. The Balaban J connectivity index is 0.00000387. The van der Waals surface area contributed by atoms with Gasteiger partial charge in [-0.05, 0) is 24.3 Å². The summed E-state index contributed by atoms with van der Waals surface area (Å²) in [5.74, 6) is -1.71. The summed E-state index contributed by atoms with van der Waals surface area (Å²) in [5.41, 5.74) is 4.14. The molecule has 1 fully saturated rings. The minimum atomic E-state index is -0.853. The van der Waals surface area contributed by atoms with Gasteiger partial charge >= 0.3 is 11.9 Å². The third kappa shape index (κ3) is 9.27. The molecule has 0 amide bonds. The van der Waals surface area contributed by atoms with Gasteiger partial charge in [0.25, 0.3) is 0 Å². The van der Waals surface area contributed by atoms with Crippen LogP contribution in [0, 0.1) is 39.9 Å². The second-order valence-corrected chi connectivity index (χ2v) is 10.3.